The third kappa shape index (κ3) is 8.90. The van der Waals surface area contributed by atoms with Crippen LogP contribution in [-0.4, -0.2) is 6.29 Å². The molecule has 0 unspecified atom stereocenters. The van der Waals surface area contributed by atoms with Gasteiger partial charge in [0.15, 0.2) is 0 Å². The summed E-state index contributed by atoms with van der Waals surface area (Å²) in [4.78, 5) is 9.50. The van der Waals surface area contributed by atoms with Crippen LogP contribution in [-0.2, 0) is 4.79 Å². The van der Waals surface area contributed by atoms with Crippen molar-refractivity contribution >= 4 is 6.29 Å². The Labute approximate surface area is 71.9 Å². The molecule has 0 aromatic heterocycles. The van der Waals surface area contributed by atoms with Crippen LogP contribution in [0.5, 0.6) is 0 Å². The van der Waals surface area contributed by atoms with Crippen LogP contribution < -0.4 is 0 Å². The summed E-state index contributed by atoms with van der Waals surface area (Å²) in [7, 11) is 0. The Balaban J connectivity index is 0. The van der Waals surface area contributed by atoms with Crippen molar-refractivity contribution in [2.75, 3.05) is 0 Å². The number of hydrogen-bond acceptors (Lipinski definition) is 1. The molecule has 0 amide bonds. The Morgan fingerprint density at radius 1 is 1.50 bits per heavy atom. The first-order valence-corrected chi connectivity index (χ1v) is 1.72. The van der Waals surface area contributed by atoms with E-state index in [2.05, 4.69) is 0 Å². The van der Waals surface area contributed by atoms with Crippen molar-refractivity contribution in [3.05, 3.63) is 0 Å². The van der Waals surface area contributed by atoms with Gasteiger partial charge in [0, 0.05) is 47.7 Å². The van der Waals surface area contributed by atoms with Crippen LogP contribution in [0.1, 0.15) is 13.8 Å². The van der Waals surface area contributed by atoms with Gasteiger partial charge < -0.3 is 4.79 Å². The quantitative estimate of drug-likeness (QED) is 0.589. The minimum absolute atomic E-state index is 0. The third-order valence-electron chi connectivity index (χ3n) is 0.272. The van der Waals surface area contributed by atoms with E-state index in [1.54, 1.807) is 0 Å². The van der Waals surface area contributed by atoms with Crippen molar-refractivity contribution in [1.82, 2.24) is 0 Å². The molecule has 0 bridgehead atoms. The molecule has 2 heteroatoms. The molecule has 0 saturated carbocycles. The van der Waals surface area contributed by atoms with E-state index in [1.807, 2.05) is 13.8 Å². The molecule has 0 aromatic carbocycles. The van der Waals surface area contributed by atoms with E-state index in [-0.39, 0.29) is 47.7 Å². The molecule has 0 N–H and O–H groups in total. The molecule has 0 saturated heterocycles. The maximum Gasteiger partial charge on any atom is 0.122 e. The van der Waals surface area contributed by atoms with Crippen molar-refractivity contribution in [2.24, 2.45) is 5.92 Å². The molecule has 0 fully saturated rings. The van der Waals surface area contributed by atoms with Gasteiger partial charge in [0.25, 0.3) is 0 Å². The summed E-state index contributed by atoms with van der Waals surface area (Å²) in [5, 5.41) is 0. The summed E-state index contributed by atoms with van der Waals surface area (Å²) in [5.41, 5.74) is 0. The molecule has 6 heavy (non-hydrogen) atoms. The van der Waals surface area contributed by atoms with Crippen molar-refractivity contribution in [1.29, 1.82) is 0 Å². The van der Waals surface area contributed by atoms with E-state index in [9.17, 15) is 4.79 Å². The van der Waals surface area contributed by atoms with E-state index in [4.69, 9.17) is 0 Å². The number of rotatable bonds is 1. The summed E-state index contributed by atoms with van der Waals surface area (Å²) >= 11 is 0. The van der Waals surface area contributed by atoms with Gasteiger partial charge in [0.05, 0.1) is 0 Å². The molecular weight excluding hydrogens is 204 g/mol. The number of aldehydes is 1. The van der Waals surface area contributed by atoms with Crippen molar-refractivity contribution in [2.45, 2.75) is 13.8 Å². The van der Waals surface area contributed by atoms with Gasteiger partial charge in [-0.25, -0.2) is 0 Å². The number of carbonyl (C=O) groups is 1. The average Bonchev–Trinajstić information content (AvgIpc) is 1.38. The summed E-state index contributed by atoms with van der Waals surface area (Å²) < 4.78 is 0. The maximum absolute atomic E-state index is 9.50. The van der Waals surface area contributed by atoms with Crippen molar-refractivity contribution in [3.8, 4) is 0 Å². The topological polar surface area (TPSA) is 17.1 Å². The molecule has 0 atom stereocenters. The van der Waals surface area contributed by atoms with E-state index < -0.39 is 0 Å². The van der Waals surface area contributed by atoms with E-state index in [0.717, 1.165) is 6.29 Å². The summed E-state index contributed by atoms with van der Waals surface area (Å²) in [6.07, 6.45) is 0.917. The van der Waals surface area contributed by atoms with Crippen molar-refractivity contribution < 1.29 is 46.5 Å². The Kier molecular flexibility index (Phi) is 10.2. The molecule has 0 heterocycles. The van der Waals surface area contributed by atoms with Gasteiger partial charge in [0.1, 0.15) is 6.29 Å². The number of hydrogen-bond donors (Lipinski definition) is 0. The molecule has 0 aliphatic carbocycles. The van der Waals surface area contributed by atoms with Gasteiger partial charge in [-0.2, -0.15) is 0 Å². The smallest absolute Gasteiger partial charge is 0.122 e. The van der Waals surface area contributed by atoms with Crippen LogP contribution in [0.4, 0.5) is 0 Å². The fraction of sp³-hybridized carbons (Fsp3) is 0.750. The summed E-state index contributed by atoms with van der Waals surface area (Å²) in [6.45, 7) is 3.71. The molecule has 1 nitrogen and oxygen atoms in total. The second kappa shape index (κ2) is 6.05. The SMILES string of the molecule is CC(C)C=O.[Ce]. The van der Waals surface area contributed by atoms with Gasteiger partial charge in [-0.1, -0.05) is 13.8 Å². The predicted molar refractivity (Wildman–Crippen MR) is 20.9 cm³/mol. The van der Waals surface area contributed by atoms with Crippen LogP contribution in [0.25, 0.3) is 0 Å². The number of carbonyl (C=O) groups excluding carboxylic acids is 1. The minimum Gasteiger partial charge on any atom is -0.303 e. The van der Waals surface area contributed by atoms with Crippen molar-refractivity contribution in [3.63, 3.8) is 0 Å². The summed E-state index contributed by atoms with van der Waals surface area (Å²) in [5.74, 6) is 0.204. The normalized spacial score (nSPS) is 7.17. The monoisotopic (exact) mass is 212 g/mol. The molecule has 0 aliphatic heterocycles. The molecular formula is C4H8CeO. The van der Waals surface area contributed by atoms with Gasteiger partial charge >= 0.3 is 0 Å². The zero-order chi connectivity index (χ0) is 4.28. The first-order chi connectivity index (χ1) is 2.27. The second-order valence-corrected chi connectivity index (χ2v) is 1.38. The van der Waals surface area contributed by atoms with Gasteiger partial charge in [0.2, 0.25) is 0 Å². The molecule has 0 aliphatic rings. The molecule has 0 rings (SSSR count). The molecule has 0 radical (unpaired) electrons. The van der Waals surface area contributed by atoms with Crippen LogP contribution in [0, 0.1) is 47.7 Å². The largest absolute Gasteiger partial charge is 0.303 e. The molecule has 34 valence electrons. The first-order valence-electron chi connectivity index (χ1n) is 1.72. The third-order valence-corrected chi connectivity index (χ3v) is 0.272. The Morgan fingerprint density at radius 3 is 1.67 bits per heavy atom. The Morgan fingerprint density at radius 2 is 1.67 bits per heavy atom. The fourth-order valence-electron chi connectivity index (χ4n) is 0. The summed E-state index contributed by atoms with van der Waals surface area (Å²) in [6, 6.07) is 0. The first kappa shape index (κ1) is 10.1. The van der Waals surface area contributed by atoms with Gasteiger partial charge in [-0.15, -0.1) is 0 Å². The van der Waals surface area contributed by atoms with Crippen LogP contribution in [0.2, 0.25) is 0 Å². The predicted octanol–water partition coefficient (Wildman–Crippen LogP) is 0.841. The Bertz CT molecular complexity index is 34.5. The zero-order valence-electron chi connectivity index (χ0n) is 4.06. The Hall–Kier alpha value is 1.05. The zero-order valence-corrected chi connectivity index (χ0v) is 7.20. The van der Waals surface area contributed by atoms with Crippen LogP contribution >= 0.6 is 0 Å². The van der Waals surface area contributed by atoms with Crippen LogP contribution in [0.3, 0.4) is 0 Å². The van der Waals surface area contributed by atoms with E-state index in [0.29, 0.717) is 0 Å². The van der Waals surface area contributed by atoms with E-state index >= 15 is 0 Å². The standard InChI is InChI=1S/C4H8O.Ce/c1-4(2)3-5;/h3-4H,1-2H3;. The maximum atomic E-state index is 9.50. The minimum atomic E-state index is 0. The fourth-order valence-corrected chi connectivity index (χ4v) is 0. The van der Waals surface area contributed by atoms with Gasteiger partial charge in [-0.05, 0) is 0 Å². The second-order valence-electron chi connectivity index (χ2n) is 1.38. The van der Waals surface area contributed by atoms with E-state index in [1.165, 1.54) is 0 Å². The molecule has 0 aromatic rings. The van der Waals surface area contributed by atoms with Crippen LogP contribution in [0.15, 0.2) is 0 Å². The molecule has 0 spiro atoms. The van der Waals surface area contributed by atoms with Gasteiger partial charge in [-0.3, -0.25) is 0 Å². The average molecular weight is 212 g/mol.